The Labute approximate surface area is 122 Å². The number of halogens is 1. The lowest BCUT2D eigenvalue weighted by Crippen LogP contribution is -2.28. The van der Waals surface area contributed by atoms with Crippen LogP contribution >= 0.6 is 15.9 Å². The first kappa shape index (κ1) is 14.3. The zero-order valence-electron chi connectivity index (χ0n) is 11.4. The highest BCUT2D eigenvalue weighted by Gasteiger charge is 2.31. The van der Waals surface area contributed by atoms with E-state index in [-0.39, 0.29) is 18.1 Å². The number of carbonyl (C=O) groups is 1. The summed E-state index contributed by atoms with van der Waals surface area (Å²) >= 11 is 3.50. The molecular formula is C14H19BrN2O2. The van der Waals surface area contributed by atoms with Gasteiger partial charge in [0.1, 0.15) is 11.8 Å². The number of hydrogen-bond acceptors (Lipinski definition) is 3. The molecule has 0 saturated heterocycles. The molecule has 1 aromatic rings. The van der Waals surface area contributed by atoms with Crippen LogP contribution in [0.4, 0.5) is 5.69 Å². The van der Waals surface area contributed by atoms with Gasteiger partial charge in [-0.25, -0.2) is 0 Å². The third-order valence-corrected chi connectivity index (χ3v) is 3.52. The zero-order chi connectivity index (χ0) is 14.0. The third kappa shape index (κ3) is 3.09. The number of carbonyl (C=O) groups excluding carboxylic acids is 1. The van der Waals surface area contributed by atoms with E-state index in [4.69, 9.17) is 4.74 Å². The quantitative estimate of drug-likeness (QED) is 0.873. The van der Waals surface area contributed by atoms with Gasteiger partial charge in [0.05, 0.1) is 10.6 Å². The van der Waals surface area contributed by atoms with Gasteiger partial charge < -0.3 is 15.4 Å². The van der Waals surface area contributed by atoms with Crippen molar-refractivity contribution in [1.82, 2.24) is 5.32 Å². The van der Waals surface area contributed by atoms with Crippen LogP contribution < -0.4 is 15.4 Å². The predicted molar refractivity (Wildman–Crippen MR) is 79.6 cm³/mol. The summed E-state index contributed by atoms with van der Waals surface area (Å²) in [4.78, 5) is 12.0. The Balaban J connectivity index is 2.28. The molecule has 1 aromatic carbocycles. The Bertz CT molecular complexity index is 489. The maximum Gasteiger partial charge on any atom is 0.246 e. The van der Waals surface area contributed by atoms with Gasteiger partial charge in [-0.1, -0.05) is 6.92 Å². The lowest BCUT2D eigenvalue weighted by atomic mass is 10.1. The van der Waals surface area contributed by atoms with E-state index in [2.05, 4.69) is 33.5 Å². The molecule has 1 aliphatic rings. The van der Waals surface area contributed by atoms with E-state index in [1.54, 1.807) is 0 Å². The minimum absolute atomic E-state index is 0.00273. The fourth-order valence-electron chi connectivity index (χ4n) is 2.10. The van der Waals surface area contributed by atoms with E-state index in [1.807, 2.05) is 26.0 Å². The van der Waals surface area contributed by atoms with Crippen LogP contribution in [0.5, 0.6) is 5.75 Å². The topological polar surface area (TPSA) is 50.4 Å². The van der Waals surface area contributed by atoms with Crippen molar-refractivity contribution in [3.63, 3.8) is 0 Å². The van der Waals surface area contributed by atoms with Crippen molar-refractivity contribution in [2.75, 3.05) is 11.9 Å². The van der Waals surface area contributed by atoms with Gasteiger partial charge in [0.2, 0.25) is 5.91 Å². The molecule has 0 aromatic heterocycles. The van der Waals surface area contributed by atoms with E-state index in [9.17, 15) is 4.79 Å². The lowest BCUT2D eigenvalue weighted by molar-refractivity contribution is -0.117. The van der Waals surface area contributed by atoms with E-state index in [1.165, 1.54) is 0 Å². The average molecular weight is 327 g/mol. The summed E-state index contributed by atoms with van der Waals surface area (Å²) in [5, 5.41) is 6.15. The largest absolute Gasteiger partial charge is 0.490 e. The van der Waals surface area contributed by atoms with Gasteiger partial charge in [0, 0.05) is 17.3 Å². The number of anilines is 1. The van der Waals surface area contributed by atoms with Crippen molar-refractivity contribution in [3.05, 3.63) is 22.2 Å². The number of ether oxygens (including phenoxy) is 1. The monoisotopic (exact) mass is 326 g/mol. The van der Waals surface area contributed by atoms with Gasteiger partial charge in [-0.3, -0.25) is 4.79 Å². The second-order valence-electron chi connectivity index (χ2n) is 4.91. The molecule has 0 fully saturated rings. The fourth-order valence-corrected chi connectivity index (χ4v) is 2.55. The van der Waals surface area contributed by atoms with Crippen molar-refractivity contribution in [3.8, 4) is 5.75 Å². The molecule has 1 unspecified atom stereocenters. The summed E-state index contributed by atoms with van der Waals surface area (Å²) in [6.07, 6.45) is 1.09. The summed E-state index contributed by atoms with van der Waals surface area (Å²) in [6, 6.07) is 3.57. The van der Waals surface area contributed by atoms with E-state index in [0.717, 1.165) is 34.4 Å². The normalized spacial score (nSPS) is 17.5. The van der Waals surface area contributed by atoms with Crippen LogP contribution in [0.2, 0.25) is 0 Å². The van der Waals surface area contributed by atoms with Gasteiger partial charge >= 0.3 is 0 Å². The van der Waals surface area contributed by atoms with Crippen LogP contribution in [0.3, 0.4) is 0 Å². The Morgan fingerprint density at radius 2 is 2.21 bits per heavy atom. The lowest BCUT2D eigenvalue weighted by Gasteiger charge is -2.14. The number of nitrogens with one attached hydrogen (secondary N) is 2. The second kappa shape index (κ2) is 5.92. The molecule has 4 nitrogen and oxygen atoms in total. The first-order valence-corrected chi connectivity index (χ1v) is 7.36. The minimum Gasteiger partial charge on any atom is -0.490 e. The fraction of sp³-hybridized carbons (Fsp3) is 0.500. The Hall–Kier alpha value is -1.07. The van der Waals surface area contributed by atoms with Gasteiger partial charge in [-0.2, -0.15) is 0 Å². The summed E-state index contributed by atoms with van der Waals surface area (Å²) in [5.74, 6) is 0.752. The highest BCUT2D eigenvalue weighted by Crippen LogP contribution is 2.39. The molecule has 2 N–H and O–H groups in total. The molecule has 0 saturated carbocycles. The summed E-state index contributed by atoms with van der Waals surface area (Å²) < 4.78 is 6.58. The van der Waals surface area contributed by atoms with Crippen molar-refractivity contribution in [2.24, 2.45) is 0 Å². The standard InChI is InChI=1S/C14H19BrN2O2/c1-4-5-16-13-9-6-10(15)12(19-8(2)3)7-11(9)17-14(13)18/h6-8,13,16H,4-5H2,1-3H3,(H,17,18). The Kier molecular flexibility index (Phi) is 4.47. The molecule has 0 radical (unpaired) electrons. The molecule has 1 heterocycles. The van der Waals surface area contributed by atoms with Gasteiger partial charge in [-0.15, -0.1) is 0 Å². The molecule has 0 bridgehead atoms. The highest BCUT2D eigenvalue weighted by molar-refractivity contribution is 9.10. The molecule has 1 atom stereocenters. The number of rotatable bonds is 5. The molecule has 19 heavy (non-hydrogen) atoms. The SMILES string of the molecule is CCCNC1C(=O)Nc2cc(OC(C)C)c(Br)cc21. The number of fused-ring (bicyclic) bond motifs is 1. The van der Waals surface area contributed by atoms with Crippen LogP contribution in [0.1, 0.15) is 38.8 Å². The molecular weight excluding hydrogens is 308 g/mol. The first-order valence-electron chi connectivity index (χ1n) is 6.57. The Morgan fingerprint density at radius 1 is 1.47 bits per heavy atom. The predicted octanol–water partition coefficient (Wildman–Crippen LogP) is 3.23. The van der Waals surface area contributed by atoms with Crippen LogP contribution in [-0.2, 0) is 4.79 Å². The molecule has 104 valence electrons. The zero-order valence-corrected chi connectivity index (χ0v) is 13.0. The third-order valence-electron chi connectivity index (χ3n) is 2.90. The average Bonchev–Trinajstić information content (AvgIpc) is 2.62. The van der Waals surface area contributed by atoms with Crippen LogP contribution in [0.15, 0.2) is 16.6 Å². The second-order valence-corrected chi connectivity index (χ2v) is 5.77. The summed E-state index contributed by atoms with van der Waals surface area (Å²) in [7, 11) is 0. The van der Waals surface area contributed by atoms with Crippen molar-refractivity contribution >= 4 is 27.5 Å². The van der Waals surface area contributed by atoms with Gasteiger partial charge in [0.15, 0.2) is 0 Å². The molecule has 1 aliphatic heterocycles. The van der Waals surface area contributed by atoms with E-state index < -0.39 is 0 Å². The van der Waals surface area contributed by atoms with Crippen LogP contribution in [0, 0.1) is 0 Å². The summed E-state index contributed by atoms with van der Waals surface area (Å²) in [5.41, 5.74) is 1.80. The minimum atomic E-state index is -0.264. The maximum absolute atomic E-state index is 12.0. The molecule has 0 aliphatic carbocycles. The maximum atomic E-state index is 12.0. The first-order chi connectivity index (χ1) is 9.02. The van der Waals surface area contributed by atoms with Crippen LogP contribution in [0.25, 0.3) is 0 Å². The van der Waals surface area contributed by atoms with Gasteiger partial charge in [0.25, 0.3) is 0 Å². The number of benzene rings is 1. The van der Waals surface area contributed by atoms with Gasteiger partial charge in [-0.05, 0) is 48.8 Å². The Morgan fingerprint density at radius 3 is 2.84 bits per heavy atom. The number of amides is 1. The van der Waals surface area contributed by atoms with Crippen LogP contribution in [-0.4, -0.2) is 18.6 Å². The smallest absolute Gasteiger partial charge is 0.246 e. The molecule has 0 spiro atoms. The van der Waals surface area contributed by atoms with Crippen molar-refractivity contribution in [1.29, 1.82) is 0 Å². The van der Waals surface area contributed by atoms with E-state index in [0.29, 0.717) is 0 Å². The van der Waals surface area contributed by atoms with Crippen molar-refractivity contribution < 1.29 is 9.53 Å². The van der Waals surface area contributed by atoms with E-state index >= 15 is 0 Å². The highest BCUT2D eigenvalue weighted by atomic mass is 79.9. The molecule has 2 rings (SSSR count). The van der Waals surface area contributed by atoms with Crippen molar-refractivity contribution in [2.45, 2.75) is 39.3 Å². The molecule has 1 amide bonds. The number of hydrogen-bond donors (Lipinski definition) is 2. The summed E-state index contributed by atoms with van der Waals surface area (Å²) in [6.45, 7) is 6.85. The molecule has 5 heteroatoms.